The molecular formula is C18H28N2O. The molecule has 0 spiro atoms. The summed E-state index contributed by atoms with van der Waals surface area (Å²) in [5.41, 5.74) is 9.01. The largest absolute Gasteiger partial charge is 0.488 e. The first-order valence-electron chi connectivity index (χ1n) is 8.30. The van der Waals surface area contributed by atoms with Crippen LogP contribution >= 0.6 is 0 Å². The predicted octanol–water partition coefficient (Wildman–Crippen LogP) is 2.89. The lowest BCUT2D eigenvalue weighted by Gasteiger charge is -2.44. The number of fused-ring (bicyclic) bond motifs is 1. The second kappa shape index (κ2) is 5.98. The topological polar surface area (TPSA) is 38.5 Å². The first-order chi connectivity index (χ1) is 10.1. The number of nitrogens with two attached hydrogens (primary N) is 1. The van der Waals surface area contributed by atoms with Crippen molar-refractivity contribution in [1.82, 2.24) is 4.90 Å². The van der Waals surface area contributed by atoms with E-state index < -0.39 is 0 Å². The van der Waals surface area contributed by atoms with Crippen molar-refractivity contribution in [3.05, 3.63) is 29.3 Å². The van der Waals surface area contributed by atoms with E-state index in [0.29, 0.717) is 0 Å². The molecule has 1 fully saturated rings. The van der Waals surface area contributed by atoms with Gasteiger partial charge in [0.15, 0.2) is 0 Å². The van der Waals surface area contributed by atoms with Gasteiger partial charge in [-0.15, -0.1) is 0 Å². The molecule has 0 saturated heterocycles. The first-order valence-corrected chi connectivity index (χ1v) is 8.30. The lowest BCUT2D eigenvalue weighted by Crippen LogP contribution is -2.55. The van der Waals surface area contributed by atoms with Crippen molar-refractivity contribution in [2.75, 3.05) is 20.1 Å². The monoisotopic (exact) mass is 288 g/mol. The van der Waals surface area contributed by atoms with Gasteiger partial charge in [0.05, 0.1) is 0 Å². The quantitative estimate of drug-likeness (QED) is 0.926. The molecule has 1 unspecified atom stereocenters. The summed E-state index contributed by atoms with van der Waals surface area (Å²) in [5.74, 6) is 1.07. The molecule has 2 aliphatic rings. The minimum Gasteiger partial charge on any atom is -0.488 e. The van der Waals surface area contributed by atoms with Crippen LogP contribution in [0.4, 0.5) is 0 Å². The van der Waals surface area contributed by atoms with Crippen molar-refractivity contribution in [3.63, 3.8) is 0 Å². The fourth-order valence-corrected chi connectivity index (χ4v) is 4.00. The molecule has 1 aliphatic carbocycles. The normalized spacial score (nSPS) is 23.9. The predicted molar refractivity (Wildman–Crippen MR) is 86.8 cm³/mol. The molecule has 21 heavy (non-hydrogen) atoms. The number of rotatable bonds is 4. The van der Waals surface area contributed by atoms with E-state index in [0.717, 1.165) is 25.3 Å². The van der Waals surface area contributed by atoms with E-state index >= 15 is 0 Å². The highest BCUT2D eigenvalue weighted by Gasteiger charge is 2.36. The number of likely N-dealkylation sites (N-methyl/N-ethyl adjacent to an activating group) is 1. The zero-order valence-electron chi connectivity index (χ0n) is 13.4. The van der Waals surface area contributed by atoms with Gasteiger partial charge in [-0.1, -0.05) is 37.0 Å². The molecule has 116 valence electrons. The second-order valence-corrected chi connectivity index (χ2v) is 6.92. The van der Waals surface area contributed by atoms with E-state index in [9.17, 15) is 0 Å². The van der Waals surface area contributed by atoms with E-state index in [1.807, 2.05) is 0 Å². The molecule has 3 heteroatoms. The Labute approximate surface area is 128 Å². The molecule has 3 nitrogen and oxygen atoms in total. The van der Waals surface area contributed by atoms with Crippen LogP contribution in [0.15, 0.2) is 18.2 Å². The number of nitrogens with zero attached hydrogens (tertiary/aromatic N) is 1. The van der Waals surface area contributed by atoms with E-state index in [1.165, 1.54) is 43.2 Å². The van der Waals surface area contributed by atoms with Crippen molar-refractivity contribution in [2.24, 2.45) is 5.73 Å². The third-order valence-corrected chi connectivity index (χ3v) is 5.41. The molecule has 3 rings (SSSR count). The summed E-state index contributed by atoms with van der Waals surface area (Å²) in [7, 11) is 2.23. The number of benzene rings is 1. The summed E-state index contributed by atoms with van der Waals surface area (Å²) in [4.78, 5) is 2.48. The SMILES string of the molecule is Cc1ccc2c(c1)CC(CN(C)C1(CN)CCCCC1)O2. The molecular weight excluding hydrogens is 260 g/mol. The van der Waals surface area contributed by atoms with Gasteiger partial charge in [-0.05, 0) is 38.4 Å². The van der Waals surface area contributed by atoms with Gasteiger partial charge < -0.3 is 10.5 Å². The lowest BCUT2D eigenvalue weighted by atomic mass is 9.80. The fourth-order valence-electron chi connectivity index (χ4n) is 4.00. The Morgan fingerprint density at radius 2 is 2.05 bits per heavy atom. The summed E-state index contributed by atoms with van der Waals surface area (Å²) < 4.78 is 6.13. The molecule has 2 N–H and O–H groups in total. The van der Waals surface area contributed by atoms with Gasteiger partial charge in [0.1, 0.15) is 11.9 Å². The fraction of sp³-hybridized carbons (Fsp3) is 0.667. The maximum atomic E-state index is 6.13. The van der Waals surface area contributed by atoms with Crippen LogP contribution in [0.2, 0.25) is 0 Å². The van der Waals surface area contributed by atoms with E-state index in [1.54, 1.807) is 0 Å². The van der Waals surface area contributed by atoms with Crippen molar-refractivity contribution in [1.29, 1.82) is 0 Å². The summed E-state index contributed by atoms with van der Waals surface area (Å²) in [5, 5.41) is 0. The van der Waals surface area contributed by atoms with Gasteiger partial charge in [0.2, 0.25) is 0 Å². The Hall–Kier alpha value is -1.06. The lowest BCUT2D eigenvalue weighted by molar-refractivity contribution is 0.0487. The Morgan fingerprint density at radius 3 is 2.76 bits per heavy atom. The smallest absolute Gasteiger partial charge is 0.123 e. The number of aryl methyl sites for hydroxylation is 1. The third kappa shape index (κ3) is 2.95. The van der Waals surface area contributed by atoms with Gasteiger partial charge in [-0.2, -0.15) is 0 Å². The Bertz CT molecular complexity index is 494. The van der Waals surface area contributed by atoms with Crippen molar-refractivity contribution >= 4 is 0 Å². The maximum Gasteiger partial charge on any atom is 0.123 e. The molecule has 0 bridgehead atoms. The average molecular weight is 288 g/mol. The van der Waals surface area contributed by atoms with Crippen LogP contribution in [0, 0.1) is 6.92 Å². The minimum absolute atomic E-state index is 0.201. The number of hydrogen-bond acceptors (Lipinski definition) is 3. The van der Waals surface area contributed by atoms with Crippen LogP contribution in [0.5, 0.6) is 5.75 Å². The molecule has 1 atom stereocenters. The Balaban J connectivity index is 1.65. The van der Waals surface area contributed by atoms with E-state index in [-0.39, 0.29) is 11.6 Å². The van der Waals surface area contributed by atoms with Gasteiger partial charge in [-0.25, -0.2) is 0 Å². The summed E-state index contributed by atoms with van der Waals surface area (Å²) in [6.07, 6.45) is 7.76. The van der Waals surface area contributed by atoms with Crippen LogP contribution in [0.3, 0.4) is 0 Å². The van der Waals surface area contributed by atoms with Crippen LogP contribution in [-0.4, -0.2) is 36.7 Å². The first kappa shape index (κ1) is 14.9. The number of ether oxygens (including phenoxy) is 1. The average Bonchev–Trinajstić information content (AvgIpc) is 2.89. The Morgan fingerprint density at radius 1 is 1.29 bits per heavy atom. The standard InChI is InChI=1S/C18H28N2O/c1-14-6-7-17-15(10-14)11-16(21-17)12-20(2)18(13-19)8-4-3-5-9-18/h6-7,10,16H,3-5,8-9,11-13,19H2,1-2H3. The second-order valence-electron chi connectivity index (χ2n) is 6.92. The van der Waals surface area contributed by atoms with Crippen molar-refractivity contribution < 1.29 is 4.74 Å². The minimum atomic E-state index is 0.201. The van der Waals surface area contributed by atoms with E-state index in [4.69, 9.17) is 10.5 Å². The third-order valence-electron chi connectivity index (χ3n) is 5.41. The highest BCUT2D eigenvalue weighted by atomic mass is 16.5. The molecule has 1 aliphatic heterocycles. The van der Waals surface area contributed by atoms with Crippen LogP contribution < -0.4 is 10.5 Å². The molecule has 0 aromatic heterocycles. The number of hydrogen-bond donors (Lipinski definition) is 1. The van der Waals surface area contributed by atoms with Crippen molar-refractivity contribution in [3.8, 4) is 5.75 Å². The van der Waals surface area contributed by atoms with Gasteiger partial charge >= 0.3 is 0 Å². The highest BCUT2D eigenvalue weighted by Crippen LogP contribution is 2.34. The van der Waals surface area contributed by atoms with Crippen LogP contribution in [-0.2, 0) is 6.42 Å². The molecule has 1 heterocycles. The summed E-state index contributed by atoms with van der Waals surface area (Å²) in [6, 6.07) is 6.51. The summed E-state index contributed by atoms with van der Waals surface area (Å²) in [6.45, 7) is 3.89. The highest BCUT2D eigenvalue weighted by molar-refractivity contribution is 5.40. The van der Waals surface area contributed by atoms with Gasteiger partial charge in [-0.3, -0.25) is 4.90 Å². The summed E-state index contributed by atoms with van der Waals surface area (Å²) >= 11 is 0. The zero-order chi connectivity index (χ0) is 14.9. The van der Waals surface area contributed by atoms with Gasteiger partial charge in [0.25, 0.3) is 0 Å². The molecule has 1 aromatic rings. The van der Waals surface area contributed by atoms with Crippen LogP contribution in [0.1, 0.15) is 43.2 Å². The Kier molecular flexibility index (Phi) is 4.23. The van der Waals surface area contributed by atoms with Crippen LogP contribution in [0.25, 0.3) is 0 Å². The van der Waals surface area contributed by atoms with Gasteiger partial charge in [0, 0.05) is 25.0 Å². The zero-order valence-corrected chi connectivity index (χ0v) is 13.4. The molecule has 1 saturated carbocycles. The molecule has 0 radical (unpaired) electrons. The van der Waals surface area contributed by atoms with E-state index in [2.05, 4.69) is 37.1 Å². The van der Waals surface area contributed by atoms with Crippen molar-refractivity contribution in [2.45, 2.75) is 57.1 Å². The maximum absolute atomic E-state index is 6.13. The molecule has 0 amide bonds. The molecule has 1 aromatic carbocycles.